The molecule has 4 atom stereocenters. The van der Waals surface area contributed by atoms with E-state index < -0.39 is 24.4 Å². The molecule has 41 heavy (non-hydrogen) atoms. The van der Waals surface area contributed by atoms with Gasteiger partial charge in [-0.1, -0.05) is 142 Å². The largest absolute Gasteiger partial charge is 0.484 e. The van der Waals surface area contributed by atoms with E-state index in [-0.39, 0.29) is 13.2 Å². The predicted molar refractivity (Wildman–Crippen MR) is 180 cm³/mol. The van der Waals surface area contributed by atoms with E-state index in [1.54, 1.807) is 0 Å². The Morgan fingerprint density at radius 1 is 0.659 bits per heavy atom. The number of rotatable bonds is 28. The van der Waals surface area contributed by atoms with E-state index in [4.69, 9.17) is 38.6 Å². The molecular formula is C34H64O5S2. The lowest BCUT2D eigenvalue weighted by molar-refractivity contribution is -0.0657. The van der Waals surface area contributed by atoms with Gasteiger partial charge in [0.2, 0.25) is 0 Å². The average molecular weight is 617 g/mol. The lowest BCUT2D eigenvalue weighted by Gasteiger charge is -2.23. The molecule has 0 radical (unpaired) electrons. The lowest BCUT2D eigenvalue weighted by atomic mass is 10.1. The van der Waals surface area contributed by atoms with Crippen molar-refractivity contribution in [3.63, 3.8) is 0 Å². The number of thiocarbonyl (C=S) groups is 2. The first-order valence-corrected chi connectivity index (χ1v) is 18.1. The molecule has 0 bridgehead atoms. The second-order valence-electron chi connectivity index (χ2n) is 12.1. The summed E-state index contributed by atoms with van der Waals surface area (Å²) in [7, 11) is 0. The second kappa shape index (κ2) is 27.2. The predicted octanol–water partition coefficient (Wildman–Crippen LogP) is 9.57. The highest BCUT2D eigenvalue weighted by atomic mass is 32.1. The first-order valence-electron chi connectivity index (χ1n) is 17.3. The Bertz CT molecular complexity index is 632. The zero-order chi connectivity index (χ0) is 30.0. The third-order valence-electron chi connectivity index (χ3n) is 8.22. The molecule has 0 aromatic heterocycles. The van der Waals surface area contributed by atoms with E-state index >= 15 is 0 Å². The van der Waals surface area contributed by atoms with Crippen molar-refractivity contribution < 1.29 is 24.4 Å². The summed E-state index contributed by atoms with van der Waals surface area (Å²) in [5.41, 5.74) is 0. The molecular weight excluding hydrogens is 553 g/mol. The lowest BCUT2D eigenvalue weighted by Crippen LogP contribution is -2.42. The molecule has 0 amide bonds. The van der Waals surface area contributed by atoms with Gasteiger partial charge in [0.15, 0.2) is 16.2 Å². The zero-order valence-corrected chi connectivity index (χ0v) is 28.3. The van der Waals surface area contributed by atoms with Crippen LogP contribution in [-0.2, 0) is 14.2 Å². The molecule has 1 rings (SSSR count). The summed E-state index contributed by atoms with van der Waals surface area (Å²) in [4.78, 5) is 0. The van der Waals surface area contributed by atoms with Crippen LogP contribution in [0.25, 0.3) is 0 Å². The van der Waals surface area contributed by atoms with Gasteiger partial charge in [0.25, 0.3) is 0 Å². The highest BCUT2D eigenvalue weighted by Gasteiger charge is 2.42. The van der Waals surface area contributed by atoms with Crippen LogP contribution in [0.1, 0.15) is 168 Å². The molecule has 1 saturated heterocycles. The van der Waals surface area contributed by atoms with Gasteiger partial charge in [-0.3, -0.25) is 0 Å². The highest BCUT2D eigenvalue weighted by Crippen LogP contribution is 2.22. The minimum absolute atomic E-state index is 0.0223. The van der Waals surface area contributed by atoms with E-state index in [0.717, 1.165) is 38.5 Å². The van der Waals surface area contributed by atoms with E-state index in [1.165, 1.54) is 116 Å². The Balaban J connectivity index is 2.03. The van der Waals surface area contributed by atoms with Crippen LogP contribution in [-0.4, -0.2) is 57.9 Å². The summed E-state index contributed by atoms with van der Waals surface area (Å²) in [5, 5.41) is 22.2. The van der Waals surface area contributed by atoms with Gasteiger partial charge < -0.3 is 24.4 Å². The number of unbranched alkanes of at least 4 members (excludes halogenated alkanes) is 20. The van der Waals surface area contributed by atoms with Gasteiger partial charge in [0.1, 0.15) is 24.9 Å². The number of ether oxygens (including phenoxy) is 3. The van der Waals surface area contributed by atoms with Crippen molar-refractivity contribution in [2.75, 3.05) is 13.2 Å². The Hall–Kier alpha value is -0.340. The van der Waals surface area contributed by atoms with Crippen molar-refractivity contribution in [3.8, 4) is 0 Å². The topological polar surface area (TPSA) is 68.2 Å². The van der Waals surface area contributed by atoms with Crippen molar-refractivity contribution in [1.82, 2.24) is 0 Å². The van der Waals surface area contributed by atoms with Gasteiger partial charge >= 0.3 is 0 Å². The van der Waals surface area contributed by atoms with Crippen LogP contribution in [0.5, 0.6) is 0 Å². The van der Waals surface area contributed by atoms with Crippen LogP contribution >= 0.6 is 24.4 Å². The van der Waals surface area contributed by atoms with Gasteiger partial charge in [-0.2, -0.15) is 0 Å². The van der Waals surface area contributed by atoms with Gasteiger partial charge in [-0.25, -0.2) is 0 Å². The van der Waals surface area contributed by atoms with Gasteiger partial charge in [-0.05, 0) is 37.3 Å². The molecule has 0 unspecified atom stereocenters. The zero-order valence-electron chi connectivity index (χ0n) is 26.6. The Labute approximate surface area is 263 Å². The number of hydrogen-bond donors (Lipinski definition) is 2. The molecule has 0 aromatic carbocycles. The maximum atomic E-state index is 10.7. The van der Waals surface area contributed by atoms with E-state index in [9.17, 15) is 10.2 Å². The maximum Gasteiger partial charge on any atom is 0.160 e. The highest BCUT2D eigenvalue weighted by molar-refractivity contribution is 7.80. The van der Waals surface area contributed by atoms with Crippen molar-refractivity contribution in [2.24, 2.45) is 0 Å². The fraction of sp³-hybridized carbons (Fsp3) is 0.941. The summed E-state index contributed by atoms with van der Waals surface area (Å²) < 4.78 is 17.1. The van der Waals surface area contributed by atoms with Crippen LogP contribution in [0.2, 0.25) is 0 Å². The molecule has 1 heterocycles. The summed E-state index contributed by atoms with van der Waals surface area (Å²) in [6.45, 7) is 4.75. The van der Waals surface area contributed by atoms with Crippen molar-refractivity contribution in [2.45, 2.75) is 192 Å². The fourth-order valence-corrected chi connectivity index (χ4v) is 5.98. The summed E-state index contributed by atoms with van der Waals surface area (Å²) in [6, 6.07) is 0. The Kier molecular flexibility index (Phi) is 25.7. The number of hydrogen-bond acceptors (Lipinski definition) is 7. The Morgan fingerprint density at radius 3 is 1.49 bits per heavy atom. The number of aliphatic hydroxyl groups excluding tert-OH is 2. The van der Waals surface area contributed by atoms with E-state index in [0.29, 0.717) is 10.1 Å². The first-order chi connectivity index (χ1) is 20.0. The molecule has 0 saturated carbocycles. The quantitative estimate of drug-likeness (QED) is 0.0670. The van der Waals surface area contributed by atoms with Crippen LogP contribution in [0.3, 0.4) is 0 Å². The molecule has 0 aromatic rings. The SMILES string of the molecule is CCCCCCCCCCCCCC(=S)OC[C@@H](O)[C@H]1OC[C@H](OC(=S)CCCCCCCCCCCCC)[C@H]1O. The Morgan fingerprint density at radius 2 is 1.05 bits per heavy atom. The third-order valence-corrected chi connectivity index (χ3v) is 8.84. The molecule has 1 aliphatic rings. The van der Waals surface area contributed by atoms with Crippen LogP contribution < -0.4 is 0 Å². The van der Waals surface area contributed by atoms with Crippen molar-refractivity contribution >= 4 is 34.5 Å². The van der Waals surface area contributed by atoms with Crippen LogP contribution in [0.15, 0.2) is 0 Å². The van der Waals surface area contributed by atoms with Crippen LogP contribution in [0.4, 0.5) is 0 Å². The third kappa shape index (κ3) is 21.1. The number of aliphatic hydroxyl groups is 2. The summed E-state index contributed by atoms with van der Waals surface area (Å²) in [6.07, 6.45) is 26.7. The molecule has 7 heteroatoms. The molecule has 0 spiro atoms. The first kappa shape index (κ1) is 38.7. The normalized spacial score (nSPS) is 19.4. The van der Waals surface area contributed by atoms with Gasteiger partial charge in [0, 0.05) is 12.8 Å². The molecule has 1 fully saturated rings. The van der Waals surface area contributed by atoms with E-state index in [2.05, 4.69) is 13.8 Å². The smallest absolute Gasteiger partial charge is 0.160 e. The molecule has 5 nitrogen and oxygen atoms in total. The molecule has 0 aliphatic carbocycles. The van der Waals surface area contributed by atoms with Crippen molar-refractivity contribution in [3.05, 3.63) is 0 Å². The van der Waals surface area contributed by atoms with Gasteiger partial charge in [-0.15, -0.1) is 0 Å². The molecule has 2 N–H and O–H groups in total. The standard InChI is InChI=1S/C34H64O5S2/c1-3-5-7-9-11-13-15-17-19-21-23-25-31(40)37-27-29(35)34-33(36)30(28-38-34)39-32(41)26-24-22-20-18-16-14-12-10-8-6-4-2/h29-30,33-36H,3-28H2,1-2H3/t29-,30+,33-,34-/m1/s1. The van der Waals surface area contributed by atoms with Gasteiger partial charge in [0.05, 0.1) is 6.61 Å². The summed E-state index contributed by atoms with van der Waals surface area (Å²) in [5.74, 6) is 0. The fourth-order valence-electron chi connectivity index (χ4n) is 5.50. The second-order valence-corrected chi connectivity index (χ2v) is 13.0. The van der Waals surface area contributed by atoms with Crippen molar-refractivity contribution in [1.29, 1.82) is 0 Å². The van der Waals surface area contributed by atoms with Crippen LogP contribution in [0, 0.1) is 0 Å². The molecule has 242 valence electrons. The molecule has 1 aliphatic heterocycles. The monoisotopic (exact) mass is 616 g/mol. The minimum atomic E-state index is -0.964. The van der Waals surface area contributed by atoms with E-state index in [1.807, 2.05) is 0 Å². The summed E-state index contributed by atoms with van der Waals surface area (Å²) >= 11 is 10.8. The average Bonchev–Trinajstić information content (AvgIpc) is 3.32. The minimum Gasteiger partial charge on any atom is -0.484 e. The maximum absolute atomic E-state index is 10.7.